The summed E-state index contributed by atoms with van der Waals surface area (Å²) >= 11 is 0. The van der Waals surface area contributed by atoms with E-state index in [9.17, 15) is 4.79 Å². The highest BCUT2D eigenvalue weighted by atomic mass is 16.5. The van der Waals surface area contributed by atoms with E-state index >= 15 is 0 Å². The molecule has 0 N–H and O–H groups in total. The number of carbonyl (C=O) groups excluding carboxylic acids is 1. The Morgan fingerprint density at radius 3 is 2.60 bits per heavy atom. The molecule has 0 atom stereocenters. The van der Waals surface area contributed by atoms with E-state index in [2.05, 4.69) is 6.92 Å². The van der Waals surface area contributed by atoms with Gasteiger partial charge in [-0.2, -0.15) is 0 Å². The second kappa shape index (κ2) is 8.62. The average molecular weight is 277 g/mol. The highest BCUT2D eigenvalue weighted by molar-refractivity contribution is 5.93. The summed E-state index contributed by atoms with van der Waals surface area (Å²) in [5, 5.41) is 0. The van der Waals surface area contributed by atoms with Crippen LogP contribution in [0.15, 0.2) is 18.2 Å². The molecule has 0 fully saturated rings. The standard InChI is InChI=1S/C17H27NO2/c1-5-7-8-12-20-15-11-10-14(3)16(13-15)18(4)17(19)9-6-2/h10-11,13H,5-9,12H2,1-4H3. The van der Waals surface area contributed by atoms with Crippen LogP contribution in [-0.2, 0) is 4.79 Å². The van der Waals surface area contributed by atoms with Crippen LogP contribution in [0.1, 0.15) is 51.5 Å². The summed E-state index contributed by atoms with van der Waals surface area (Å²) in [6.45, 7) is 6.96. The molecule has 3 heteroatoms. The molecule has 0 aromatic heterocycles. The Labute approximate surface area is 122 Å². The molecule has 1 rings (SSSR count). The Kier molecular flexibility index (Phi) is 7.13. The molecule has 1 aromatic carbocycles. The number of rotatable bonds is 8. The second-order valence-corrected chi connectivity index (χ2v) is 5.21. The molecule has 112 valence electrons. The van der Waals surface area contributed by atoms with Gasteiger partial charge < -0.3 is 9.64 Å². The maximum absolute atomic E-state index is 12.0. The van der Waals surface area contributed by atoms with E-state index in [1.54, 1.807) is 4.90 Å². The van der Waals surface area contributed by atoms with Gasteiger partial charge in [-0.1, -0.05) is 32.8 Å². The molecule has 0 aliphatic carbocycles. The lowest BCUT2D eigenvalue weighted by atomic mass is 10.1. The third-order valence-electron chi connectivity index (χ3n) is 3.40. The van der Waals surface area contributed by atoms with Gasteiger partial charge in [-0.05, 0) is 31.4 Å². The average Bonchev–Trinajstić information content (AvgIpc) is 2.44. The zero-order valence-corrected chi connectivity index (χ0v) is 13.2. The van der Waals surface area contributed by atoms with Crippen molar-refractivity contribution >= 4 is 11.6 Å². The number of hydrogen-bond acceptors (Lipinski definition) is 2. The van der Waals surface area contributed by atoms with Crippen LogP contribution in [0.4, 0.5) is 5.69 Å². The number of hydrogen-bond donors (Lipinski definition) is 0. The lowest BCUT2D eigenvalue weighted by Crippen LogP contribution is -2.26. The van der Waals surface area contributed by atoms with E-state index in [0.717, 1.165) is 36.4 Å². The third kappa shape index (κ3) is 4.87. The Morgan fingerprint density at radius 1 is 1.20 bits per heavy atom. The quantitative estimate of drug-likeness (QED) is 0.662. The van der Waals surface area contributed by atoms with Gasteiger partial charge in [0, 0.05) is 25.2 Å². The van der Waals surface area contributed by atoms with E-state index in [0.29, 0.717) is 6.42 Å². The molecule has 0 saturated heterocycles. The highest BCUT2D eigenvalue weighted by Crippen LogP contribution is 2.25. The van der Waals surface area contributed by atoms with Gasteiger partial charge in [-0.25, -0.2) is 0 Å². The number of anilines is 1. The predicted octanol–water partition coefficient (Wildman–Crippen LogP) is 4.33. The Bertz CT molecular complexity index is 429. The zero-order chi connectivity index (χ0) is 15.0. The number of aryl methyl sites for hydroxylation is 1. The smallest absolute Gasteiger partial charge is 0.226 e. The number of carbonyl (C=O) groups is 1. The predicted molar refractivity (Wildman–Crippen MR) is 84.5 cm³/mol. The van der Waals surface area contributed by atoms with Crippen molar-refractivity contribution in [1.82, 2.24) is 0 Å². The summed E-state index contributed by atoms with van der Waals surface area (Å²) in [7, 11) is 1.83. The van der Waals surface area contributed by atoms with Gasteiger partial charge in [0.05, 0.1) is 6.61 Å². The molecule has 20 heavy (non-hydrogen) atoms. The summed E-state index contributed by atoms with van der Waals surface area (Å²) in [5.74, 6) is 0.997. The minimum atomic E-state index is 0.152. The molecular weight excluding hydrogens is 250 g/mol. The molecule has 1 aromatic rings. The molecule has 1 amide bonds. The fraction of sp³-hybridized carbons (Fsp3) is 0.588. The maximum atomic E-state index is 12.0. The number of amides is 1. The normalized spacial score (nSPS) is 10.4. The van der Waals surface area contributed by atoms with Crippen molar-refractivity contribution < 1.29 is 9.53 Å². The molecule has 0 aliphatic heterocycles. The first-order valence-corrected chi connectivity index (χ1v) is 7.60. The van der Waals surface area contributed by atoms with E-state index in [4.69, 9.17) is 4.74 Å². The zero-order valence-electron chi connectivity index (χ0n) is 13.2. The number of ether oxygens (including phenoxy) is 1. The fourth-order valence-corrected chi connectivity index (χ4v) is 2.10. The summed E-state index contributed by atoms with van der Waals surface area (Å²) in [5.41, 5.74) is 2.04. The van der Waals surface area contributed by atoms with E-state index in [1.165, 1.54) is 12.8 Å². The second-order valence-electron chi connectivity index (χ2n) is 5.21. The fourth-order valence-electron chi connectivity index (χ4n) is 2.10. The minimum absolute atomic E-state index is 0.152. The Morgan fingerprint density at radius 2 is 1.95 bits per heavy atom. The van der Waals surface area contributed by atoms with Crippen LogP contribution in [0.3, 0.4) is 0 Å². The van der Waals surface area contributed by atoms with Crippen LogP contribution in [-0.4, -0.2) is 19.6 Å². The van der Waals surface area contributed by atoms with Crippen molar-refractivity contribution in [2.24, 2.45) is 0 Å². The van der Waals surface area contributed by atoms with Crippen molar-refractivity contribution in [3.63, 3.8) is 0 Å². The third-order valence-corrected chi connectivity index (χ3v) is 3.40. The molecule has 0 aliphatic rings. The van der Waals surface area contributed by atoms with Gasteiger partial charge in [0.2, 0.25) is 5.91 Å². The van der Waals surface area contributed by atoms with Gasteiger partial charge in [-0.3, -0.25) is 4.79 Å². The summed E-state index contributed by atoms with van der Waals surface area (Å²) < 4.78 is 5.76. The maximum Gasteiger partial charge on any atom is 0.226 e. The first kappa shape index (κ1) is 16.5. The molecule has 3 nitrogen and oxygen atoms in total. The summed E-state index contributed by atoms with van der Waals surface area (Å²) in [4.78, 5) is 13.7. The van der Waals surface area contributed by atoms with Crippen LogP contribution in [0, 0.1) is 6.92 Å². The number of nitrogens with zero attached hydrogens (tertiary/aromatic N) is 1. The van der Waals surface area contributed by atoms with Crippen LogP contribution in [0.25, 0.3) is 0 Å². The lowest BCUT2D eigenvalue weighted by Gasteiger charge is -2.20. The van der Waals surface area contributed by atoms with Crippen molar-refractivity contribution in [3.8, 4) is 5.75 Å². The minimum Gasteiger partial charge on any atom is -0.494 e. The van der Waals surface area contributed by atoms with Crippen molar-refractivity contribution in [1.29, 1.82) is 0 Å². The van der Waals surface area contributed by atoms with E-state index in [-0.39, 0.29) is 5.91 Å². The Balaban J connectivity index is 2.73. The SMILES string of the molecule is CCCCCOc1ccc(C)c(N(C)C(=O)CCC)c1. The summed E-state index contributed by atoms with van der Waals surface area (Å²) in [6, 6.07) is 5.96. The van der Waals surface area contributed by atoms with Gasteiger partial charge in [0.1, 0.15) is 5.75 Å². The van der Waals surface area contributed by atoms with Crippen molar-refractivity contribution in [2.45, 2.75) is 52.9 Å². The van der Waals surface area contributed by atoms with Crippen LogP contribution < -0.4 is 9.64 Å². The van der Waals surface area contributed by atoms with Crippen molar-refractivity contribution in [3.05, 3.63) is 23.8 Å². The molecule has 0 spiro atoms. The number of unbranched alkanes of at least 4 members (excludes halogenated alkanes) is 2. The largest absolute Gasteiger partial charge is 0.494 e. The topological polar surface area (TPSA) is 29.5 Å². The van der Waals surface area contributed by atoms with Crippen LogP contribution >= 0.6 is 0 Å². The van der Waals surface area contributed by atoms with Crippen molar-refractivity contribution in [2.75, 3.05) is 18.6 Å². The molecule has 0 radical (unpaired) electrons. The first-order chi connectivity index (χ1) is 9.60. The number of benzene rings is 1. The molecule has 0 heterocycles. The molecule has 0 unspecified atom stereocenters. The Hall–Kier alpha value is -1.51. The lowest BCUT2D eigenvalue weighted by molar-refractivity contribution is -0.118. The van der Waals surface area contributed by atoms with Gasteiger partial charge >= 0.3 is 0 Å². The molecular formula is C17H27NO2. The molecule has 0 bridgehead atoms. The summed E-state index contributed by atoms with van der Waals surface area (Å²) in [6.07, 6.45) is 4.90. The van der Waals surface area contributed by atoms with Gasteiger partial charge in [-0.15, -0.1) is 0 Å². The van der Waals surface area contributed by atoms with E-state index in [1.807, 2.05) is 39.1 Å². The van der Waals surface area contributed by atoms with Gasteiger partial charge in [0.15, 0.2) is 0 Å². The highest BCUT2D eigenvalue weighted by Gasteiger charge is 2.13. The first-order valence-electron chi connectivity index (χ1n) is 7.60. The van der Waals surface area contributed by atoms with Crippen LogP contribution in [0.2, 0.25) is 0 Å². The van der Waals surface area contributed by atoms with Crippen LogP contribution in [0.5, 0.6) is 5.75 Å². The molecule has 0 saturated carbocycles. The monoisotopic (exact) mass is 277 g/mol. The van der Waals surface area contributed by atoms with Gasteiger partial charge in [0.25, 0.3) is 0 Å². The van der Waals surface area contributed by atoms with E-state index < -0.39 is 0 Å².